The van der Waals surface area contributed by atoms with Crippen LogP contribution in [0.3, 0.4) is 0 Å². The molecule has 1 heterocycles. The van der Waals surface area contributed by atoms with E-state index >= 15 is 0 Å². The van der Waals surface area contributed by atoms with E-state index in [1.807, 2.05) is 32.9 Å². The van der Waals surface area contributed by atoms with Gasteiger partial charge in [-0.3, -0.25) is 9.59 Å². The van der Waals surface area contributed by atoms with Crippen molar-refractivity contribution in [3.05, 3.63) is 12.2 Å². The van der Waals surface area contributed by atoms with E-state index in [-0.39, 0.29) is 18.9 Å². The maximum Gasteiger partial charge on any atom is 0.324 e. The fourth-order valence-electron chi connectivity index (χ4n) is 4.24. The summed E-state index contributed by atoms with van der Waals surface area (Å²) in [6.07, 6.45) is 4.34. The van der Waals surface area contributed by atoms with Gasteiger partial charge in [0.2, 0.25) is 0 Å². The lowest BCUT2D eigenvalue weighted by molar-refractivity contribution is -0.380. The topological polar surface area (TPSA) is 91.3 Å². The molecule has 0 bridgehead atoms. The fraction of sp³-hybridized carbons (Fsp3) is 0.778. The molecule has 1 spiro atoms. The molecule has 1 unspecified atom stereocenters. The second kappa shape index (κ2) is 6.07. The molecular formula is C18H26O7. The zero-order valence-corrected chi connectivity index (χ0v) is 15.1. The highest BCUT2D eigenvalue weighted by atomic mass is 17.2. The molecule has 2 aliphatic carbocycles. The Bertz CT molecular complexity index is 593. The lowest BCUT2D eigenvalue weighted by Gasteiger charge is -2.40. The molecule has 3 rings (SSSR count). The molecule has 7 heteroatoms. The lowest BCUT2D eigenvalue weighted by Crippen LogP contribution is -2.55. The first-order valence-corrected chi connectivity index (χ1v) is 8.76. The van der Waals surface area contributed by atoms with Crippen molar-refractivity contribution in [3.63, 3.8) is 0 Å². The number of carbonyl (C=O) groups is 2. The SMILES string of the molecule is CCOC(=O)C1C(=O)O[C@]23CC=CC[C@@H]2[C@H](OOC(C)(C)C)C[C@]13O. The Balaban J connectivity index is 1.93. The third-order valence-electron chi connectivity index (χ3n) is 5.21. The predicted octanol–water partition coefficient (Wildman–Crippen LogP) is 1.68. The second-order valence-electron chi connectivity index (χ2n) is 7.97. The third kappa shape index (κ3) is 2.78. The largest absolute Gasteiger partial charge is 0.465 e. The van der Waals surface area contributed by atoms with Gasteiger partial charge in [0.25, 0.3) is 0 Å². The average molecular weight is 354 g/mol. The Labute approximate surface area is 147 Å². The summed E-state index contributed by atoms with van der Waals surface area (Å²) in [5, 5.41) is 11.4. The fourth-order valence-corrected chi connectivity index (χ4v) is 4.24. The van der Waals surface area contributed by atoms with Crippen LogP contribution in [0.5, 0.6) is 0 Å². The van der Waals surface area contributed by atoms with E-state index in [1.54, 1.807) is 6.92 Å². The van der Waals surface area contributed by atoms with E-state index in [9.17, 15) is 14.7 Å². The molecule has 0 aromatic carbocycles. The first-order valence-electron chi connectivity index (χ1n) is 8.76. The summed E-state index contributed by atoms with van der Waals surface area (Å²) in [5.74, 6) is -3.12. The van der Waals surface area contributed by atoms with Crippen LogP contribution in [0.1, 0.15) is 47.0 Å². The smallest absolute Gasteiger partial charge is 0.324 e. The van der Waals surface area contributed by atoms with E-state index in [0.717, 1.165) is 0 Å². The number of ether oxygens (including phenoxy) is 2. The Morgan fingerprint density at radius 2 is 2.12 bits per heavy atom. The van der Waals surface area contributed by atoms with Crippen molar-refractivity contribution in [3.8, 4) is 0 Å². The van der Waals surface area contributed by atoms with Gasteiger partial charge in [-0.2, -0.15) is 0 Å². The minimum atomic E-state index is -1.67. The quantitative estimate of drug-likeness (QED) is 0.270. The third-order valence-corrected chi connectivity index (χ3v) is 5.21. The van der Waals surface area contributed by atoms with Crippen molar-refractivity contribution in [1.82, 2.24) is 0 Å². The van der Waals surface area contributed by atoms with Gasteiger partial charge in [0.1, 0.15) is 11.7 Å². The van der Waals surface area contributed by atoms with E-state index in [0.29, 0.717) is 12.8 Å². The second-order valence-corrected chi connectivity index (χ2v) is 7.97. The van der Waals surface area contributed by atoms with Crippen LogP contribution < -0.4 is 0 Å². The van der Waals surface area contributed by atoms with E-state index in [1.165, 1.54) is 0 Å². The molecule has 1 saturated heterocycles. The summed E-state index contributed by atoms with van der Waals surface area (Å²) in [5.41, 5.74) is -3.37. The highest BCUT2D eigenvalue weighted by Crippen LogP contribution is 2.60. The summed E-state index contributed by atoms with van der Waals surface area (Å²) in [4.78, 5) is 35.8. The van der Waals surface area contributed by atoms with Gasteiger partial charge < -0.3 is 14.6 Å². The number of hydrogen-bond donors (Lipinski definition) is 1. The molecule has 0 radical (unpaired) electrons. The minimum Gasteiger partial charge on any atom is -0.465 e. The van der Waals surface area contributed by atoms with E-state index in [2.05, 4.69) is 0 Å². The molecule has 5 atom stereocenters. The van der Waals surface area contributed by atoms with Crippen LogP contribution in [-0.4, -0.2) is 46.6 Å². The number of allylic oxidation sites excluding steroid dienone is 1. The first-order chi connectivity index (χ1) is 11.6. The molecule has 1 saturated carbocycles. The van der Waals surface area contributed by atoms with Gasteiger partial charge in [0, 0.05) is 18.8 Å². The van der Waals surface area contributed by atoms with Crippen molar-refractivity contribution in [2.75, 3.05) is 6.61 Å². The van der Waals surface area contributed by atoms with Crippen LogP contribution in [0.4, 0.5) is 0 Å². The molecule has 7 nitrogen and oxygen atoms in total. The first kappa shape index (κ1) is 18.4. The molecular weight excluding hydrogens is 328 g/mol. The monoisotopic (exact) mass is 354 g/mol. The van der Waals surface area contributed by atoms with E-state index in [4.69, 9.17) is 19.2 Å². The molecule has 0 aromatic heterocycles. The maximum absolute atomic E-state index is 12.4. The molecule has 0 amide bonds. The molecule has 140 valence electrons. The van der Waals surface area contributed by atoms with Crippen LogP contribution in [0.25, 0.3) is 0 Å². The average Bonchev–Trinajstić information content (AvgIpc) is 2.86. The molecule has 1 N–H and O–H groups in total. The van der Waals surface area contributed by atoms with Crippen LogP contribution in [0.2, 0.25) is 0 Å². The molecule has 3 aliphatic rings. The van der Waals surface area contributed by atoms with Crippen molar-refractivity contribution >= 4 is 11.9 Å². The molecule has 2 fully saturated rings. The van der Waals surface area contributed by atoms with Gasteiger partial charge in [-0.05, 0) is 34.1 Å². The van der Waals surface area contributed by atoms with Gasteiger partial charge in [0.15, 0.2) is 11.5 Å². The number of aliphatic hydroxyl groups is 1. The van der Waals surface area contributed by atoms with Gasteiger partial charge in [0.05, 0.1) is 12.2 Å². The van der Waals surface area contributed by atoms with Crippen LogP contribution in [0, 0.1) is 11.8 Å². The highest BCUT2D eigenvalue weighted by Gasteiger charge is 2.77. The Hall–Kier alpha value is -1.44. The minimum absolute atomic E-state index is 0.0741. The summed E-state index contributed by atoms with van der Waals surface area (Å²) < 4.78 is 10.7. The van der Waals surface area contributed by atoms with Gasteiger partial charge in [-0.25, -0.2) is 9.78 Å². The zero-order chi connectivity index (χ0) is 18.5. The van der Waals surface area contributed by atoms with Crippen molar-refractivity contribution in [2.45, 2.75) is 69.9 Å². The molecule has 0 aromatic rings. The van der Waals surface area contributed by atoms with Crippen molar-refractivity contribution < 1.29 is 33.9 Å². The number of esters is 2. The van der Waals surface area contributed by atoms with Gasteiger partial charge in [-0.1, -0.05) is 12.2 Å². The number of carbonyl (C=O) groups excluding carboxylic acids is 2. The highest BCUT2D eigenvalue weighted by molar-refractivity contribution is 5.99. The normalized spacial score (nSPS) is 39.7. The van der Waals surface area contributed by atoms with Crippen molar-refractivity contribution in [2.24, 2.45) is 11.8 Å². The summed E-state index contributed by atoms with van der Waals surface area (Å²) in [6, 6.07) is 0. The summed E-state index contributed by atoms with van der Waals surface area (Å²) in [7, 11) is 0. The van der Waals surface area contributed by atoms with Gasteiger partial charge in [-0.15, -0.1) is 0 Å². The standard InChI is InChI=1S/C18H26O7/c1-5-22-14(19)13-15(20)23-18-9-7-6-8-11(18)12(10-17(13,18)21)24-25-16(2,3)4/h6-7,11-13,21H,5,8-10H2,1-4H3/t11-,12-,13?,17+,18-/m1/s1. The van der Waals surface area contributed by atoms with E-state index < -0.39 is 40.8 Å². The molecule has 25 heavy (non-hydrogen) atoms. The van der Waals surface area contributed by atoms with Crippen molar-refractivity contribution in [1.29, 1.82) is 0 Å². The van der Waals surface area contributed by atoms with Gasteiger partial charge >= 0.3 is 11.9 Å². The molecule has 1 aliphatic heterocycles. The van der Waals surface area contributed by atoms with Crippen LogP contribution in [0.15, 0.2) is 12.2 Å². The van der Waals surface area contributed by atoms with Crippen LogP contribution in [-0.2, 0) is 28.8 Å². The zero-order valence-electron chi connectivity index (χ0n) is 15.1. The number of rotatable bonds is 4. The Kier molecular flexibility index (Phi) is 4.46. The lowest BCUT2D eigenvalue weighted by atomic mass is 9.71. The Morgan fingerprint density at radius 1 is 1.40 bits per heavy atom. The predicted molar refractivity (Wildman–Crippen MR) is 86.1 cm³/mol. The van der Waals surface area contributed by atoms with Crippen LogP contribution >= 0.6 is 0 Å². The maximum atomic E-state index is 12.4. The Morgan fingerprint density at radius 3 is 2.76 bits per heavy atom. The summed E-state index contributed by atoms with van der Waals surface area (Å²) in [6.45, 7) is 7.35. The summed E-state index contributed by atoms with van der Waals surface area (Å²) >= 11 is 0. The number of hydrogen-bond acceptors (Lipinski definition) is 7.